The van der Waals surface area contributed by atoms with E-state index in [0.29, 0.717) is 9.88 Å². The SMILES string of the molecule is COC(=O)c1ccc(NC(=O)c2ccccc2OCC(N)=O)s1. The van der Waals surface area contributed by atoms with Gasteiger partial charge in [0, 0.05) is 0 Å². The van der Waals surface area contributed by atoms with Crippen molar-refractivity contribution in [3.05, 3.63) is 46.8 Å². The zero-order valence-corrected chi connectivity index (χ0v) is 13.0. The third kappa shape index (κ3) is 4.30. The number of rotatable bonds is 6. The fraction of sp³-hybridized carbons (Fsp3) is 0.133. The number of ether oxygens (including phenoxy) is 2. The van der Waals surface area contributed by atoms with Crippen LogP contribution in [0.4, 0.5) is 5.00 Å². The van der Waals surface area contributed by atoms with Gasteiger partial charge in [-0.1, -0.05) is 12.1 Å². The Kier molecular flexibility index (Phi) is 5.32. The molecule has 0 saturated heterocycles. The van der Waals surface area contributed by atoms with Crippen molar-refractivity contribution in [1.82, 2.24) is 0 Å². The van der Waals surface area contributed by atoms with E-state index in [1.54, 1.807) is 36.4 Å². The molecule has 0 bridgehead atoms. The number of amides is 2. The van der Waals surface area contributed by atoms with E-state index in [-0.39, 0.29) is 17.9 Å². The van der Waals surface area contributed by atoms with Gasteiger partial charge in [0.2, 0.25) is 0 Å². The second-order valence-electron chi connectivity index (χ2n) is 4.36. The van der Waals surface area contributed by atoms with Crippen LogP contribution in [0.5, 0.6) is 5.75 Å². The second-order valence-corrected chi connectivity index (χ2v) is 5.44. The topological polar surface area (TPSA) is 108 Å². The van der Waals surface area contributed by atoms with E-state index in [1.807, 2.05) is 0 Å². The number of esters is 1. The van der Waals surface area contributed by atoms with Gasteiger partial charge < -0.3 is 20.5 Å². The number of para-hydroxylation sites is 1. The summed E-state index contributed by atoms with van der Waals surface area (Å²) in [6.07, 6.45) is 0. The summed E-state index contributed by atoms with van der Waals surface area (Å²) >= 11 is 1.09. The number of carbonyl (C=O) groups is 3. The van der Waals surface area contributed by atoms with Gasteiger partial charge in [0.15, 0.2) is 6.61 Å². The van der Waals surface area contributed by atoms with Crippen molar-refractivity contribution >= 4 is 34.1 Å². The molecule has 0 fully saturated rings. The van der Waals surface area contributed by atoms with Crippen LogP contribution in [0.2, 0.25) is 0 Å². The summed E-state index contributed by atoms with van der Waals surface area (Å²) in [5.41, 5.74) is 5.28. The van der Waals surface area contributed by atoms with Crippen LogP contribution in [-0.2, 0) is 9.53 Å². The highest BCUT2D eigenvalue weighted by Crippen LogP contribution is 2.25. The van der Waals surface area contributed by atoms with Crippen LogP contribution in [0.25, 0.3) is 0 Å². The molecule has 1 aromatic heterocycles. The third-order valence-corrected chi connectivity index (χ3v) is 3.71. The van der Waals surface area contributed by atoms with Gasteiger partial charge in [0.25, 0.3) is 11.8 Å². The van der Waals surface area contributed by atoms with Crippen LogP contribution in [0, 0.1) is 0 Å². The lowest BCUT2D eigenvalue weighted by Crippen LogP contribution is -2.21. The fourth-order valence-corrected chi connectivity index (χ4v) is 2.54. The maximum absolute atomic E-state index is 12.3. The quantitative estimate of drug-likeness (QED) is 0.781. The average molecular weight is 334 g/mol. The largest absolute Gasteiger partial charge is 0.483 e. The number of anilines is 1. The van der Waals surface area contributed by atoms with E-state index >= 15 is 0 Å². The molecule has 0 aliphatic heterocycles. The summed E-state index contributed by atoms with van der Waals surface area (Å²) in [7, 11) is 1.28. The van der Waals surface area contributed by atoms with Crippen molar-refractivity contribution in [2.75, 3.05) is 19.0 Å². The second kappa shape index (κ2) is 7.41. The smallest absolute Gasteiger partial charge is 0.348 e. The van der Waals surface area contributed by atoms with Crippen molar-refractivity contribution < 1.29 is 23.9 Å². The van der Waals surface area contributed by atoms with E-state index in [0.717, 1.165) is 11.3 Å². The lowest BCUT2D eigenvalue weighted by atomic mass is 10.2. The minimum Gasteiger partial charge on any atom is -0.483 e. The first-order chi connectivity index (χ1) is 11.0. The Hall–Kier alpha value is -2.87. The highest BCUT2D eigenvalue weighted by molar-refractivity contribution is 7.18. The number of primary amides is 1. The van der Waals surface area contributed by atoms with Crippen LogP contribution >= 0.6 is 11.3 Å². The first-order valence-corrected chi connectivity index (χ1v) is 7.32. The molecule has 2 amide bonds. The Bertz CT molecular complexity index is 741. The van der Waals surface area contributed by atoms with Gasteiger partial charge >= 0.3 is 5.97 Å². The predicted octanol–water partition coefficient (Wildman–Crippen LogP) is 1.65. The molecule has 1 aromatic carbocycles. The number of methoxy groups -OCH3 is 1. The Morgan fingerprint density at radius 1 is 1.17 bits per heavy atom. The van der Waals surface area contributed by atoms with Gasteiger partial charge in [-0.15, -0.1) is 11.3 Å². The summed E-state index contributed by atoms with van der Waals surface area (Å²) in [6.45, 7) is -0.324. The fourth-order valence-electron chi connectivity index (χ4n) is 1.72. The molecular formula is C15H14N2O5S. The summed E-state index contributed by atoms with van der Waals surface area (Å²) in [5, 5.41) is 3.15. The molecule has 8 heteroatoms. The number of carbonyl (C=O) groups excluding carboxylic acids is 3. The first kappa shape index (κ1) is 16.5. The molecule has 3 N–H and O–H groups in total. The zero-order valence-electron chi connectivity index (χ0n) is 12.2. The highest BCUT2D eigenvalue weighted by Gasteiger charge is 2.15. The Morgan fingerprint density at radius 3 is 2.61 bits per heavy atom. The lowest BCUT2D eigenvalue weighted by Gasteiger charge is -2.09. The van der Waals surface area contributed by atoms with Crippen LogP contribution in [-0.4, -0.2) is 31.5 Å². The van der Waals surface area contributed by atoms with E-state index in [2.05, 4.69) is 10.1 Å². The Morgan fingerprint density at radius 2 is 1.91 bits per heavy atom. The minimum atomic E-state index is -0.638. The highest BCUT2D eigenvalue weighted by atomic mass is 32.1. The number of thiophene rings is 1. The molecule has 0 radical (unpaired) electrons. The zero-order chi connectivity index (χ0) is 16.8. The van der Waals surface area contributed by atoms with Crippen LogP contribution in [0.3, 0.4) is 0 Å². The van der Waals surface area contributed by atoms with E-state index in [1.165, 1.54) is 7.11 Å². The minimum absolute atomic E-state index is 0.244. The third-order valence-electron chi connectivity index (χ3n) is 2.73. The summed E-state index contributed by atoms with van der Waals surface area (Å²) < 4.78 is 9.82. The molecule has 1 heterocycles. The van der Waals surface area contributed by atoms with Gasteiger partial charge in [-0.3, -0.25) is 9.59 Å². The number of benzene rings is 1. The number of nitrogens with two attached hydrogens (primary N) is 1. The maximum atomic E-state index is 12.3. The first-order valence-electron chi connectivity index (χ1n) is 6.51. The molecule has 23 heavy (non-hydrogen) atoms. The maximum Gasteiger partial charge on any atom is 0.348 e. The molecule has 0 saturated carbocycles. The van der Waals surface area contributed by atoms with Gasteiger partial charge in [-0.05, 0) is 24.3 Å². The molecular weight excluding hydrogens is 320 g/mol. The molecule has 0 atom stereocenters. The van der Waals surface area contributed by atoms with E-state index < -0.39 is 17.8 Å². The molecule has 2 rings (SSSR count). The van der Waals surface area contributed by atoms with Crippen molar-refractivity contribution in [3.63, 3.8) is 0 Å². The van der Waals surface area contributed by atoms with Crippen LogP contribution in [0.1, 0.15) is 20.0 Å². The van der Waals surface area contributed by atoms with Gasteiger partial charge in [0.1, 0.15) is 10.6 Å². The molecule has 7 nitrogen and oxygen atoms in total. The van der Waals surface area contributed by atoms with Gasteiger partial charge in [0.05, 0.1) is 17.7 Å². The van der Waals surface area contributed by atoms with Gasteiger partial charge in [-0.25, -0.2) is 4.79 Å². The monoisotopic (exact) mass is 334 g/mol. The predicted molar refractivity (Wildman–Crippen MR) is 84.7 cm³/mol. The van der Waals surface area contributed by atoms with Crippen LogP contribution < -0.4 is 15.8 Å². The number of nitrogens with one attached hydrogen (secondary N) is 1. The normalized spacial score (nSPS) is 9.96. The van der Waals surface area contributed by atoms with Crippen molar-refractivity contribution in [2.45, 2.75) is 0 Å². The summed E-state index contributed by atoms with van der Waals surface area (Å²) in [5.74, 6) is -1.29. The average Bonchev–Trinajstić information content (AvgIpc) is 3.00. The number of hydrogen-bond acceptors (Lipinski definition) is 6. The van der Waals surface area contributed by atoms with Gasteiger partial charge in [-0.2, -0.15) is 0 Å². The molecule has 0 unspecified atom stereocenters. The Balaban J connectivity index is 2.13. The molecule has 0 aliphatic rings. The molecule has 120 valence electrons. The van der Waals surface area contributed by atoms with Crippen molar-refractivity contribution in [3.8, 4) is 5.75 Å². The molecule has 2 aromatic rings. The van der Waals surface area contributed by atoms with E-state index in [4.69, 9.17) is 10.5 Å². The van der Waals surface area contributed by atoms with E-state index in [9.17, 15) is 14.4 Å². The van der Waals surface area contributed by atoms with Crippen molar-refractivity contribution in [1.29, 1.82) is 0 Å². The lowest BCUT2D eigenvalue weighted by molar-refractivity contribution is -0.119. The summed E-state index contributed by atoms with van der Waals surface area (Å²) in [6, 6.07) is 9.61. The van der Waals surface area contributed by atoms with Crippen LogP contribution in [0.15, 0.2) is 36.4 Å². The van der Waals surface area contributed by atoms with Crippen molar-refractivity contribution in [2.24, 2.45) is 5.73 Å². The number of hydrogen-bond donors (Lipinski definition) is 2. The molecule has 0 aliphatic carbocycles. The molecule has 0 spiro atoms. The Labute approximate surface area is 136 Å². The summed E-state index contributed by atoms with van der Waals surface area (Å²) in [4.78, 5) is 34.9. The standard InChI is InChI=1S/C15H14N2O5S/c1-21-15(20)11-6-7-13(23-11)17-14(19)9-4-2-3-5-10(9)22-8-12(16)18/h2-7H,8H2,1H3,(H2,16,18)(H,17,19).